The molecule has 114 valence electrons. The first-order chi connectivity index (χ1) is 10.2. The lowest BCUT2D eigenvalue weighted by Crippen LogP contribution is -2.05. The Bertz CT molecular complexity index is 555. The SMILES string of the molecule is CC(C)c1ccccc1-n1ccnc1SCCOCCO. The van der Waals surface area contributed by atoms with Crippen LogP contribution < -0.4 is 0 Å². The van der Waals surface area contributed by atoms with Gasteiger partial charge in [-0.05, 0) is 17.5 Å². The standard InChI is InChI=1S/C16H22N2O2S/c1-13(2)14-5-3-4-6-15(14)18-8-7-17-16(18)21-12-11-20-10-9-19/h3-8,13,19H,9-12H2,1-2H3. The van der Waals surface area contributed by atoms with Crippen LogP contribution >= 0.6 is 11.8 Å². The number of thioether (sulfide) groups is 1. The van der Waals surface area contributed by atoms with E-state index < -0.39 is 0 Å². The second-order valence-electron chi connectivity index (χ2n) is 4.98. The molecule has 4 nitrogen and oxygen atoms in total. The molecule has 1 N–H and O–H groups in total. The smallest absolute Gasteiger partial charge is 0.172 e. The quantitative estimate of drug-likeness (QED) is 0.601. The summed E-state index contributed by atoms with van der Waals surface area (Å²) in [6, 6.07) is 8.42. The van der Waals surface area contributed by atoms with Gasteiger partial charge in [0, 0.05) is 18.1 Å². The number of aromatic nitrogens is 2. The maximum atomic E-state index is 8.68. The molecule has 0 atom stereocenters. The molecule has 1 aromatic heterocycles. The van der Waals surface area contributed by atoms with Gasteiger partial charge in [-0.15, -0.1) is 0 Å². The lowest BCUT2D eigenvalue weighted by atomic mass is 10.0. The van der Waals surface area contributed by atoms with Crippen LogP contribution in [0.4, 0.5) is 0 Å². The van der Waals surface area contributed by atoms with Gasteiger partial charge in [0.15, 0.2) is 5.16 Å². The predicted octanol–water partition coefficient (Wildman–Crippen LogP) is 3.10. The van der Waals surface area contributed by atoms with Crippen LogP contribution in [0.2, 0.25) is 0 Å². The van der Waals surface area contributed by atoms with E-state index in [-0.39, 0.29) is 6.61 Å². The average molecular weight is 306 g/mol. The van der Waals surface area contributed by atoms with Crippen LogP contribution in [-0.2, 0) is 4.74 Å². The van der Waals surface area contributed by atoms with E-state index >= 15 is 0 Å². The minimum Gasteiger partial charge on any atom is -0.394 e. The number of imidazole rings is 1. The summed E-state index contributed by atoms with van der Waals surface area (Å²) in [5, 5.41) is 9.64. The Kier molecular flexibility index (Phi) is 6.29. The van der Waals surface area contributed by atoms with Crippen molar-refractivity contribution in [1.29, 1.82) is 0 Å². The van der Waals surface area contributed by atoms with Gasteiger partial charge in [0.05, 0.1) is 25.5 Å². The van der Waals surface area contributed by atoms with Gasteiger partial charge in [0.25, 0.3) is 0 Å². The van der Waals surface area contributed by atoms with E-state index in [2.05, 4.69) is 47.7 Å². The van der Waals surface area contributed by atoms with Crippen LogP contribution in [0.5, 0.6) is 0 Å². The molecule has 2 rings (SSSR count). The van der Waals surface area contributed by atoms with Crippen molar-refractivity contribution in [2.24, 2.45) is 0 Å². The van der Waals surface area contributed by atoms with Gasteiger partial charge in [-0.3, -0.25) is 4.57 Å². The van der Waals surface area contributed by atoms with Crippen molar-refractivity contribution in [3.63, 3.8) is 0 Å². The first-order valence-corrected chi connectivity index (χ1v) is 8.16. The third kappa shape index (κ3) is 4.33. The molecule has 0 bridgehead atoms. The monoisotopic (exact) mass is 306 g/mol. The maximum Gasteiger partial charge on any atom is 0.172 e. The van der Waals surface area contributed by atoms with E-state index in [1.54, 1.807) is 11.8 Å². The van der Waals surface area contributed by atoms with Gasteiger partial charge in [0.2, 0.25) is 0 Å². The highest BCUT2D eigenvalue weighted by Gasteiger charge is 2.11. The highest BCUT2D eigenvalue weighted by Crippen LogP contribution is 2.26. The zero-order valence-electron chi connectivity index (χ0n) is 12.5. The topological polar surface area (TPSA) is 47.3 Å². The van der Waals surface area contributed by atoms with Gasteiger partial charge >= 0.3 is 0 Å². The summed E-state index contributed by atoms with van der Waals surface area (Å²) in [5.41, 5.74) is 2.50. The van der Waals surface area contributed by atoms with Crippen molar-refractivity contribution >= 4 is 11.8 Å². The zero-order chi connectivity index (χ0) is 15.1. The highest BCUT2D eigenvalue weighted by atomic mass is 32.2. The van der Waals surface area contributed by atoms with Crippen LogP contribution in [0.25, 0.3) is 5.69 Å². The molecule has 0 spiro atoms. The first kappa shape index (κ1) is 16.1. The van der Waals surface area contributed by atoms with Crippen molar-refractivity contribution in [3.05, 3.63) is 42.2 Å². The van der Waals surface area contributed by atoms with Crippen molar-refractivity contribution in [2.45, 2.75) is 24.9 Å². The predicted molar refractivity (Wildman–Crippen MR) is 86.3 cm³/mol. The van der Waals surface area contributed by atoms with Crippen LogP contribution in [0.15, 0.2) is 41.8 Å². The fraction of sp³-hybridized carbons (Fsp3) is 0.438. The lowest BCUT2D eigenvalue weighted by molar-refractivity contribution is 0.103. The highest BCUT2D eigenvalue weighted by molar-refractivity contribution is 7.99. The number of aliphatic hydroxyl groups excluding tert-OH is 1. The summed E-state index contributed by atoms with van der Waals surface area (Å²) >= 11 is 1.66. The maximum absolute atomic E-state index is 8.68. The molecule has 21 heavy (non-hydrogen) atoms. The van der Waals surface area contributed by atoms with Crippen LogP contribution in [0.1, 0.15) is 25.3 Å². The zero-order valence-corrected chi connectivity index (χ0v) is 13.3. The molecular formula is C16H22N2O2S. The van der Waals surface area contributed by atoms with E-state index in [0.717, 1.165) is 10.9 Å². The van der Waals surface area contributed by atoms with E-state index in [1.165, 1.54) is 11.3 Å². The number of rotatable bonds is 8. The Morgan fingerprint density at radius 3 is 2.86 bits per heavy atom. The van der Waals surface area contributed by atoms with Gasteiger partial charge in [-0.1, -0.05) is 43.8 Å². The summed E-state index contributed by atoms with van der Waals surface area (Å²) in [6.07, 6.45) is 3.83. The Labute approximate surface area is 130 Å². The Morgan fingerprint density at radius 1 is 1.29 bits per heavy atom. The van der Waals surface area contributed by atoms with E-state index in [0.29, 0.717) is 19.1 Å². The molecule has 0 aliphatic heterocycles. The van der Waals surface area contributed by atoms with Crippen molar-refractivity contribution in [2.75, 3.05) is 25.6 Å². The van der Waals surface area contributed by atoms with E-state index in [1.807, 2.05) is 12.4 Å². The van der Waals surface area contributed by atoms with Crippen molar-refractivity contribution in [3.8, 4) is 5.69 Å². The molecular weight excluding hydrogens is 284 g/mol. The van der Waals surface area contributed by atoms with Crippen LogP contribution in [0.3, 0.4) is 0 Å². The normalized spacial score (nSPS) is 11.2. The van der Waals surface area contributed by atoms with Crippen molar-refractivity contribution in [1.82, 2.24) is 9.55 Å². The number of nitrogens with zero attached hydrogens (tertiary/aromatic N) is 2. The number of benzene rings is 1. The Hall–Kier alpha value is -1.30. The largest absolute Gasteiger partial charge is 0.394 e. The number of aliphatic hydroxyl groups is 1. The second-order valence-corrected chi connectivity index (χ2v) is 6.04. The molecule has 0 saturated carbocycles. The average Bonchev–Trinajstić information content (AvgIpc) is 2.95. The number of para-hydroxylation sites is 1. The molecule has 2 aromatic rings. The molecule has 0 amide bonds. The first-order valence-electron chi connectivity index (χ1n) is 7.18. The summed E-state index contributed by atoms with van der Waals surface area (Å²) in [5.74, 6) is 1.29. The molecule has 0 saturated heterocycles. The molecule has 0 fully saturated rings. The lowest BCUT2D eigenvalue weighted by Gasteiger charge is -2.15. The summed E-state index contributed by atoms with van der Waals surface area (Å²) in [6.45, 7) is 5.48. The summed E-state index contributed by atoms with van der Waals surface area (Å²) in [7, 11) is 0. The number of hydrogen-bond acceptors (Lipinski definition) is 4. The van der Waals surface area contributed by atoms with Gasteiger partial charge in [-0.2, -0.15) is 0 Å². The molecule has 0 radical (unpaired) electrons. The Balaban J connectivity index is 2.10. The second kappa shape index (κ2) is 8.22. The molecule has 1 heterocycles. The van der Waals surface area contributed by atoms with E-state index in [9.17, 15) is 0 Å². The summed E-state index contributed by atoms with van der Waals surface area (Å²) in [4.78, 5) is 4.43. The molecule has 5 heteroatoms. The number of hydrogen-bond donors (Lipinski definition) is 1. The van der Waals surface area contributed by atoms with Gasteiger partial charge < -0.3 is 9.84 Å². The fourth-order valence-electron chi connectivity index (χ4n) is 2.13. The fourth-order valence-corrected chi connectivity index (χ4v) is 2.95. The minimum atomic E-state index is 0.0705. The third-order valence-corrected chi connectivity index (χ3v) is 4.05. The minimum absolute atomic E-state index is 0.0705. The molecule has 0 aliphatic rings. The van der Waals surface area contributed by atoms with Gasteiger partial charge in [-0.25, -0.2) is 4.98 Å². The number of ether oxygens (including phenoxy) is 1. The van der Waals surface area contributed by atoms with Crippen LogP contribution in [0, 0.1) is 0 Å². The van der Waals surface area contributed by atoms with E-state index in [4.69, 9.17) is 9.84 Å². The Morgan fingerprint density at radius 2 is 2.10 bits per heavy atom. The molecule has 0 aliphatic carbocycles. The molecule has 1 aromatic carbocycles. The summed E-state index contributed by atoms with van der Waals surface area (Å²) < 4.78 is 7.41. The third-order valence-electron chi connectivity index (χ3n) is 3.12. The molecule has 0 unspecified atom stereocenters. The van der Waals surface area contributed by atoms with Gasteiger partial charge in [0.1, 0.15) is 0 Å². The van der Waals surface area contributed by atoms with Crippen molar-refractivity contribution < 1.29 is 9.84 Å². The van der Waals surface area contributed by atoms with Crippen LogP contribution in [-0.4, -0.2) is 40.2 Å².